The first-order chi connectivity index (χ1) is 11.4. The smallest absolute Gasteiger partial charge is 0.241 e. The molecule has 4 atom stereocenters. The highest BCUT2D eigenvalue weighted by Crippen LogP contribution is 2.18. The van der Waals surface area contributed by atoms with Gasteiger partial charge in [-0.3, -0.25) is 14.6 Å². The zero-order valence-corrected chi connectivity index (χ0v) is 15.5. The Morgan fingerprint density at radius 1 is 1.25 bits per heavy atom. The number of nitrogens with zero attached hydrogens (tertiary/aromatic N) is 2. The van der Waals surface area contributed by atoms with Crippen molar-refractivity contribution in [3.05, 3.63) is 35.9 Å². The second kappa shape index (κ2) is 8.60. The van der Waals surface area contributed by atoms with Gasteiger partial charge in [0, 0.05) is 25.7 Å². The van der Waals surface area contributed by atoms with Gasteiger partial charge in [-0.2, -0.15) is 0 Å². The summed E-state index contributed by atoms with van der Waals surface area (Å²) in [6.45, 7) is 8.85. The largest absolute Gasteiger partial charge is 0.373 e. The maximum atomic E-state index is 12.7. The Balaban J connectivity index is 1.93. The number of carbonyl (C=O) groups is 1. The molecule has 1 aliphatic heterocycles. The van der Waals surface area contributed by atoms with Crippen LogP contribution in [0.3, 0.4) is 0 Å². The van der Waals surface area contributed by atoms with Crippen LogP contribution in [-0.2, 0) is 9.53 Å². The van der Waals surface area contributed by atoms with Gasteiger partial charge in [-0.25, -0.2) is 0 Å². The monoisotopic (exact) mass is 333 g/mol. The van der Waals surface area contributed by atoms with E-state index in [9.17, 15) is 4.79 Å². The van der Waals surface area contributed by atoms with Gasteiger partial charge in [0.25, 0.3) is 0 Å². The lowest BCUT2D eigenvalue weighted by Gasteiger charge is -2.39. The molecular weight excluding hydrogens is 302 g/mol. The van der Waals surface area contributed by atoms with Crippen LogP contribution in [0.25, 0.3) is 0 Å². The van der Waals surface area contributed by atoms with E-state index in [4.69, 9.17) is 4.74 Å². The molecule has 134 valence electrons. The highest BCUT2D eigenvalue weighted by atomic mass is 16.5. The molecule has 0 aliphatic carbocycles. The standard InChI is InChI=1S/C19H31N3O2/c1-14(22-12-15(2)24-16(3)13-22)11-20-19(23)18(21(4)5)17-9-7-6-8-10-17/h6-10,14-16,18H,11-13H2,1-5H3,(H,20,23)/t14-,15-,16+,18-/m1/s1. The summed E-state index contributed by atoms with van der Waals surface area (Å²) in [5.41, 5.74) is 1.02. The lowest BCUT2D eigenvalue weighted by molar-refractivity contribution is -0.126. The SMILES string of the molecule is C[C@@H]1CN([C@H](C)CNC(=O)[C@@H](c2ccccc2)N(C)C)C[C@H](C)O1. The van der Waals surface area contributed by atoms with E-state index in [0.29, 0.717) is 12.6 Å². The first-order valence-corrected chi connectivity index (χ1v) is 8.77. The predicted molar refractivity (Wildman–Crippen MR) is 96.9 cm³/mol. The summed E-state index contributed by atoms with van der Waals surface area (Å²) in [5, 5.41) is 3.13. The quantitative estimate of drug-likeness (QED) is 0.864. The summed E-state index contributed by atoms with van der Waals surface area (Å²) in [6, 6.07) is 9.94. The van der Waals surface area contributed by atoms with Gasteiger partial charge in [0.15, 0.2) is 0 Å². The second-order valence-electron chi connectivity index (χ2n) is 7.08. The summed E-state index contributed by atoms with van der Waals surface area (Å²) >= 11 is 0. The van der Waals surface area contributed by atoms with Crippen molar-refractivity contribution in [2.45, 2.75) is 45.1 Å². The van der Waals surface area contributed by atoms with Crippen molar-refractivity contribution in [3.8, 4) is 0 Å². The molecule has 5 nitrogen and oxygen atoms in total. The fraction of sp³-hybridized carbons (Fsp3) is 0.632. The molecule has 1 amide bonds. The van der Waals surface area contributed by atoms with Gasteiger partial charge in [0.05, 0.1) is 12.2 Å². The molecular formula is C19H31N3O2. The number of nitrogens with one attached hydrogen (secondary N) is 1. The lowest BCUT2D eigenvalue weighted by atomic mass is 10.1. The Bertz CT molecular complexity index is 511. The molecule has 1 aromatic carbocycles. The number of rotatable bonds is 6. The zero-order chi connectivity index (χ0) is 17.7. The van der Waals surface area contributed by atoms with Crippen LogP contribution in [-0.4, -0.2) is 67.7 Å². The van der Waals surface area contributed by atoms with Crippen LogP contribution in [0.2, 0.25) is 0 Å². The van der Waals surface area contributed by atoms with Gasteiger partial charge in [-0.15, -0.1) is 0 Å². The highest BCUT2D eigenvalue weighted by Gasteiger charge is 2.27. The molecule has 1 aliphatic rings. The first kappa shape index (κ1) is 18.9. The zero-order valence-electron chi connectivity index (χ0n) is 15.5. The molecule has 0 bridgehead atoms. The van der Waals surface area contributed by atoms with Crippen molar-refractivity contribution >= 4 is 5.91 Å². The van der Waals surface area contributed by atoms with Gasteiger partial charge >= 0.3 is 0 Å². The number of amides is 1. The molecule has 1 heterocycles. The minimum absolute atomic E-state index is 0.0485. The second-order valence-corrected chi connectivity index (χ2v) is 7.08. The van der Waals surface area contributed by atoms with Gasteiger partial charge in [0.1, 0.15) is 6.04 Å². The van der Waals surface area contributed by atoms with Crippen LogP contribution in [0.1, 0.15) is 32.4 Å². The Kier molecular flexibility index (Phi) is 6.78. The number of carbonyl (C=O) groups excluding carboxylic acids is 1. The maximum absolute atomic E-state index is 12.7. The van der Waals surface area contributed by atoms with E-state index in [1.165, 1.54) is 0 Å². The van der Waals surface area contributed by atoms with Crippen LogP contribution in [0, 0.1) is 0 Å². The van der Waals surface area contributed by atoms with Crippen molar-refractivity contribution in [1.29, 1.82) is 0 Å². The number of hydrogen-bond acceptors (Lipinski definition) is 4. The molecule has 0 spiro atoms. The van der Waals surface area contributed by atoms with Crippen molar-refractivity contribution in [2.75, 3.05) is 33.7 Å². The average molecular weight is 333 g/mol. The third kappa shape index (κ3) is 5.03. The van der Waals surface area contributed by atoms with Crippen LogP contribution >= 0.6 is 0 Å². The maximum Gasteiger partial charge on any atom is 0.241 e. The molecule has 1 aromatic rings. The third-order valence-electron chi connectivity index (χ3n) is 4.52. The molecule has 5 heteroatoms. The number of ether oxygens (including phenoxy) is 1. The van der Waals surface area contributed by atoms with Crippen LogP contribution in [0.5, 0.6) is 0 Å². The van der Waals surface area contributed by atoms with Gasteiger partial charge in [0.2, 0.25) is 5.91 Å². The fourth-order valence-electron chi connectivity index (χ4n) is 3.37. The molecule has 1 N–H and O–H groups in total. The summed E-state index contributed by atoms with van der Waals surface area (Å²) in [4.78, 5) is 17.1. The van der Waals surface area contributed by atoms with Crippen LogP contribution in [0.4, 0.5) is 0 Å². The number of likely N-dealkylation sites (N-methyl/N-ethyl adjacent to an activating group) is 1. The number of hydrogen-bond donors (Lipinski definition) is 1. The van der Waals surface area contributed by atoms with Crippen molar-refractivity contribution < 1.29 is 9.53 Å². The highest BCUT2D eigenvalue weighted by molar-refractivity contribution is 5.83. The summed E-state index contributed by atoms with van der Waals surface area (Å²) in [5.74, 6) is 0.0485. The number of benzene rings is 1. The Hall–Kier alpha value is -1.43. The van der Waals surface area contributed by atoms with Gasteiger partial charge in [-0.05, 0) is 40.4 Å². The van der Waals surface area contributed by atoms with Gasteiger partial charge < -0.3 is 10.1 Å². The topological polar surface area (TPSA) is 44.8 Å². The van der Waals surface area contributed by atoms with E-state index in [2.05, 4.69) is 31.0 Å². The van der Waals surface area contributed by atoms with E-state index in [1.807, 2.05) is 49.3 Å². The van der Waals surface area contributed by atoms with Crippen LogP contribution in [0.15, 0.2) is 30.3 Å². The average Bonchev–Trinajstić information content (AvgIpc) is 2.52. The Morgan fingerprint density at radius 2 is 1.83 bits per heavy atom. The molecule has 1 fully saturated rings. The van der Waals surface area contributed by atoms with Gasteiger partial charge in [-0.1, -0.05) is 30.3 Å². The number of morpholine rings is 1. The minimum atomic E-state index is -0.263. The Morgan fingerprint density at radius 3 is 2.38 bits per heavy atom. The minimum Gasteiger partial charge on any atom is -0.373 e. The van der Waals surface area contributed by atoms with E-state index in [0.717, 1.165) is 18.7 Å². The normalized spacial score (nSPS) is 24.6. The molecule has 2 rings (SSSR count). The van der Waals surface area contributed by atoms with E-state index in [1.54, 1.807) is 0 Å². The molecule has 1 saturated heterocycles. The first-order valence-electron chi connectivity index (χ1n) is 8.77. The van der Waals surface area contributed by atoms with Crippen molar-refractivity contribution in [3.63, 3.8) is 0 Å². The molecule has 0 aromatic heterocycles. The van der Waals surface area contributed by atoms with Crippen molar-refractivity contribution in [2.24, 2.45) is 0 Å². The van der Waals surface area contributed by atoms with E-state index >= 15 is 0 Å². The lowest BCUT2D eigenvalue weighted by Crippen LogP contribution is -2.52. The van der Waals surface area contributed by atoms with E-state index < -0.39 is 0 Å². The van der Waals surface area contributed by atoms with Crippen LogP contribution < -0.4 is 5.32 Å². The molecule has 0 saturated carbocycles. The van der Waals surface area contributed by atoms with E-state index in [-0.39, 0.29) is 24.2 Å². The molecule has 24 heavy (non-hydrogen) atoms. The predicted octanol–water partition coefficient (Wildman–Crippen LogP) is 1.90. The summed E-state index contributed by atoms with van der Waals surface area (Å²) < 4.78 is 5.78. The Labute approximate surface area is 146 Å². The summed E-state index contributed by atoms with van der Waals surface area (Å²) in [7, 11) is 3.87. The molecule has 0 radical (unpaired) electrons. The summed E-state index contributed by atoms with van der Waals surface area (Å²) in [6.07, 6.45) is 0.483. The molecule has 0 unspecified atom stereocenters. The third-order valence-corrected chi connectivity index (χ3v) is 4.52. The fourth-order valence-corrected chi connectivity index (χ4v) is 3.37. The van der Waals surface area contributed by atoms with Crippen molar-refractivity contribution in [1.82, 2.24) is 15.1 Å².